The minimum Gasteiger partial charge on any atom is -0.354 e. The van der Waals surface area contributed by atoms with Gasteiger partial charge in [-0.3, -0.25) is 9.78 Å². The summed E-state index contributed by atoms with van der Waals surface area (Å²) in [4.78, 5) is 19.4. The predicted octanol–water partition coefficient (Wildman–Crippen LogP) is 5.40. The van der Waals surface area contributed by atoms with Crippen LogP contribution in [0.25, 0.3) is 10.9 Å². The van der Waals surface area contributed by atoms with Crippen molar-refractivity contribution < 1.29 is 9.18 Å². The van der Waals surface area contributed by atoms with Crippen molar-refractivity contribution in [3.8, 4) is 0 Å². The number of aromatic nitrogens is 1. The van der Waals surface area contributed by atoms with E-state index in [4.69, 9.17) is 11.6 Å². The van der Waals surface area contributed by atoms with Crippen LogP contribution >= 0.6 is 11.6 Å². The van der Waals surface area contributed by atoms with Crippen molar-refractivity contribution in [3.63, 3.8) is 0 Å². The second-order valence-electron chi connectivity index (χ2n) is 6.70. The van der Waals surface area contributed by atoms with Gasteiger partial charge in [-0.15, -0.1) is 0 Å². The zero-order valence-electron chi connectivity index (χ0n) is 14.7. The molecule has 6 heteroatoms. The Balaban J connectivity index is 1.83. The first-order chi connectivity index (χ1) is 13.1. The number of piperidine rings is 1. The summed E-state index contributed by atoms with van der Waals surface area (Å²) in [6.45, 7) is 1.47. The molecule has 0 spiro atoms. The lowest BCUT2D eigenvalue weighted by molar-refractivity contribution is 0.0725. The van der Waals surface area contributed by atoms with Crippen molar-refractivity contribution in [3.05, 3.63) is 65.1 Å². The molecule has 4 nitrogen and oxygen atoms in total. The average molecular weight is 384 g/mol. The Morgan fingerprint density at radius 2 is 1.93 bits per heavy atom. The number of halogens is 2. The molecule has 1 fully saturated rings. The SMILES string of the molecule is O=C(c1cnc2ccc(F)cc2c1Nc1cccc(Cl)c1)N1CCCCC1. The Morgan fingerprint density at radius 1 is 1.11 bits per heavy atom. The number of hydrogen-bond acceptors (Lipinski definition) is 3. The molecular formula is C21H19ClFN3O. The van der Waals surface area contributed by atoms with Crippen LogP contribution in [0, 0.1) is 5.82 Å². The van der Waals surface area contributed by atoms with Crippen molar-refractivity contribution in [2.45, 2.75) is 19.3 Å². The van der Waals surface area contributed by atoms with Crippen molar-refractivity contribution >= 4 is 39.8 Å². The van der Waals surface area contributed by atoms with E-state index in [1.807, 2.05) is 17.0 Å². The molecule has 2 aromatic carbocycles. The highest BCUT2D eigenvalue weighted by atomic mass is 35.5. The number of fused-ring (bicyclic) bond motifs is 1. The molecule has 0 atom stereocenters. The third-order valence-electron chi connectivity index (χ3n) is 4.80. The van der Waals surface area contributed by atoms with Crippen LogP contribution in [-0.2, 0) is 0 Å². The molecule has 1 aromatic heterocycles. The van der Waals surface area contributed by atoms with Crippen molar-refractivity contribution in [1.82, 2.24) is 9.88 Å². The van der Waals surface area contributed by atoms with Crippen LogP contribution in [-0.4, -0.2) is 28.9 Å². The lowest BCUT2D eigenvalue weighted by Gasteiger charge is -2.27. The van der Waals surface area contributed by atoms with E-state index >= 15 is 0 Å². The quantitative estimate of drug-likeness (QED) is 0.658. The minimum atomic E-state index is -0.374. The number of pyridine rings is 1. The van der Waals surface area contributed by atoms with Crippen LogP contribution in [0.3, 0.4) is 0 Å². The van der Waals surface area contributed by atoms with E-state index in [-0.39, 0.29) is 11.7 Å². The Hall–Kier alpha value is -2.66. The van der Waals surface area contributed by atoms with E-state index in [9.17, 15) is 9.18 Å². The van der Waals surface area contributed by atoms with Gasteiger partial charge in [0.2, 0.25) is 0 Å². The van der Waals surface area contributed by atoms with E-state index in [1.165, 1.54) is 12.1 Å². The zero-order chi connectivity index (χ0) is 18.8. The number of carbonyl (C=O) groups is 1. The van der Waals surface area contributed by atoms with Crippen LogP contribution in [0.4, 0.5) is 15.8 Å². The number of nitrogens with zero attached hydrogens (tertiary/aromatic N) is 2. The molecular weight excluding hydrogens is 365 g/mol. The molecule has 1 saturated heterocycles. The molecule has 0 unspecified atom stereocenters. The van der Waals surface area contributed by atoms with Gasteiger partial charge in [0.25, 0.3) is 5.91 Å². The van der Waals surface area contributed by atoms with Crippen LogP contribution in [0.1, 0.15) is 29.6 Å². The highest BCUT2D eigenvalue weighted by Gasteiger charge is 2.23. The summed E-state index contributed by atoms with van der Waals surface area (Å²) >= 11 is 6.09. The van der Waals surface area contributed by atoms with Gasteiger partial charge in [0.15, 0.2) is 0 Å². The molecule has 1 aliphatic heterocycles. The van der Waals surface area contributed by atoms with Crippen LogP contribution in [0.2, 0.25) is 5.02 Å². The van der Waals surface area contributed by atoms with Crippen molar-refractivity contribution in [1.29, 1.82) is 0 Å². The minimum absolute atomic E-state index is 0.0853. The first-order valence-corrected chi connectivity index (χ1v) is 9.40. The van der Waals surface area contributed by atoms with Gasteiger partial charge in [0.1, 0.15) is 5.82 Å². The number of rotatable bonds is 3. The van der Waals surface area contributed by atoms with Gasteiger partial charge in [-0.2, -0.15) is 0 Å². The fourth-order valence-electron chi connectivity index (χ4n) is 3.44. The third kappa shape index (κ3) is 3.74. The van der Waals surface area contributed by atoms with E-state index < -0.39 is 0 Å². The predicted molar refractivity (Wildman–Crippen MR) is 106 cm³/mol. The van der Waals surface area contributed by atoms with Gasteiger partial charge < -0.3 is 10.2 Å². The Labute approximate surface area is 162 Å². The maximum atomic E-state index is 13.9. The molecule has 0 bridgehead atoms. The summed E-state index contributed by atoms with van der Waals surface area (Å²) in [5, 5.41) is 4.41. The van der Waals surface area contributed by atoms with Gasteiger partial charge in [-0.25, -0.2) is 4.39 Å². The molecule has 2 heterocycles. The number of carbonyl (C=O) groups excluding carboxylic acids is 1. The molecule has 1 amide bonds. The average Bonchev–Trinajstić information content (AvgIpc) is 2.68. The number of amides is 1. The fraction of sp³-hybridized carbons (Fsp3) is 0.238. The largest absolute Gasteiger partial charge is 0.354 e. The van der Waals surface area contributed by atoms with E-state index in [1.54, 1.807) is 24.4 Å². The second-order valence-corrected chi connectivity index (χ2v) is 7.13. The van der Waals surface area contributed by atoms with Crippen molar-refractivity contribution in [2.24, 2.45) is 0 Å². The summed E-state index contributed by atoms with van der Waals surface area (Å²) in [7, 11) is 0. The number of hydrogen-bond donors (Lipinski definition) is 1. The van der Waals surface area contributed by atoms with Gasteiger partial charge >= 0.3 is 0 Å². The molecule has 0 saturated carbocycles. The molecule has 0 radical (unpaired) electrons. The van der Waals surface area contributed by atoms with Crippen LogP contribution in [0.5, 0.6) is 0 Å². The first-order valence-electron chi connectivity index (χ1n) is 9.02. The molecule has 1 aliphatic rings. The monoisotopic (exact) mass is 383 g/mol. The second kappa shape index (κ2) is 7.53. The maximum absolute atomic E-state index is 13.9. The maximum Gasteiger partial charge on any atom is 0.257 e. The Morgan fingerprint density at radius 3 is 2.70 bits per heavy atom. The Bertz CT molecular complexity index is 1000. The van der Waals surface area contributed by atoms with Gasteiger partial charge in [0.05, 0.1) is 16.8 Å². The highest BCUT2D eigenvalue weighted by molar-refractivity contribution is 6.30. The number of benzene rings is 2. The van der Waals surface area contributed by atoms with Gasteiger partial charge in [-0.05, 0) is 55.7 Å². The first kappa shape index (κ1) is 17.7. The van der Waals surface area contributed by atoms with E-state index in [0.29, 0.717) is 27.2 Å². The lowest BCUT2D eigenvalue weighted by atomic mass is 10.1. The number of nitrogens with one attached hydrogen (secondary N) is 1. The summed E-state index contributed by atoms with van der Waals surface area (Å²) in [6.07, 6.45) is 4.71. The normalized spacial score (nSPS) is 14.4. The highest BCUT2D eigenvalue weighted by Crippen LogP contribution is 2.31. The van der Waals surface area contributed by atoms with Crippen LogP contribution < -0.4 is 5.32 Å². The summed E-state index contributed by atoms with van der Waals surface area (Å²) in [5.41, 5.74) is 2.34. The lowest BCUT2D eigenvalue weighted by Crippen LogP contribution is -2.36. The molecule has 27 heavy (non-hydrogen) atoms. The standard InChI is InChI=1S/C21H19ClFN3O/c22-14-5-4-6-16(11-14)25-20-17-12-15(23)7-8-19(17)24-13-18(20)21(27)26-9-2-1-3-10-26/h4-8,11-13H,1-3,9-10H2,(H,24,25). The Kier molecular flexibility index (Phi) is 4.94. The van der Waals surface area contributed by atoms with Crippen LogP contribution in [0.15, 0.2) is 48.7 Å². The third-order valence-corrected chi connectivity index (χ3v) is 5.03. The summed E-state index contributed by atoms with van der Waals surface area (Å²) in [6, 6.07) is 11.6. The number of likely N-dealkylation sites (tertiary alicyclic amines) is 1. The van der Waals surface area contributed by atoms with E-state index in [2.05, 4.69) is 10.3 Å². The van der Waals surface area contributed by atoms with E-state index in [0.717, 1.165) is 38.0 Å². The van der Waals surface area contributed by atoms with Crippen molar-refractivity contribution in [2.75, 3.05) is 18.4 Å². The summed E-state index contributed by atoms with van der Waals surface area (Å²) in [5.74, 6) is -0.459. The van der Waals surface area contributed by atoms with Gasteiger partial charge in [-0.1, -0.05) is 17.7 Å². The number of anilines is 2. The van der Waals surface area contributed by atoms with Gasteiger partial charge in [0, 0.05) is 35.4 Å². The smallest absolute Gasteiger partial charge is 0.257 e. The molecule has 4 rings (SSSR count). The topological polar surface area (TPSA) is 45.2 Å². The molecule has 3 aromatic rings. The fourth-order valence-corrected chi connectivity index (χ4v) is 3.63. The molecule has 1 N–H and O–H groups in total. The zero-order valence-corrected chi connectivity index (χ0v) is 15.5. The summed E-state index contributed by atoms with van der Waals surface area (Å²) < 4.78 is 13.9. The molecule has 138 valence electrons. The molecule has 0 aliphatic carbocycles.